The second kappa shape index (κ2) is 9.80. The van der Waals surface area contributed by atoms with Crippen LogP contribution in [0.2, 0.25) is 0 Å². The van der Waals surface area contributed by atoms with Gasteiger partial charge in [0.05, 0.1) is 0 Å². The maximum absolute atomic E-state index is 4.67. The van der Waals surface area contributed by atoms with Gasteiger partial charge in [-0.3, -0.25) is 0 Å². The van der Waals surface area contributed by atoms with Gasteiger partial charge in [0.25, 0.3) is 0 Å². The molecule has 1 aromatic rings. The van der Waals surface area contributed by atoms with Crippen LogP contribution in [0, 0.1) is 5.92 Å². The molecule has 0 amide bonds. The molecule has 4 nitrogen and oxygen atoms in total. The van der Waals surface area contributed by atoms with Crippen LogP contribution in [0.1, 0.15) is 82.0 Å². The molecule has 2 aliphatic rings. The molecule has 26 heavy (non-hydrogen) atoms. The Balaban J connectivity index is 1.40. The van der Waals surface area contributed by atoms with Crippen molar-refractivity contribution in [3.8, 4) is 0 Å². The maximum atomic E-state index is 4.67. The first-order valence-electron chi connectivity index (χ1n) is 10.9. The number of rotatable bonds is 7. The largest absolute Gasteiger partial charge is 0.306 e. The Kier molecular flexibility index (Phi) is 7.44. The molecule has 0 aliphatic carbocycles. The van der Waals surface area contributed by atoms with Gasteiger partial charge in [-0.05, 0) is 95.7 Å². The Hall–Kier alpha value is -1.00. The molecule has 0 N–H and O–H groups in total. The second-order valence-corrected chi connectivity index (χ2v) is 8.72. The van der Waals surface area contributed by atoms with Gasteiger partial charge in [-0.15, -0.1) is 0 Å². The predicted octanol–water partition coefficient (Wildman–Crippen LogP) is 4.29. The molecule has 0 aromatic carbocycles. The third-order valence-corrected chi connectivity index (χ3v) is 6.60. The van der Waals surface area contributed by atoms with Gasteiger partial charge in [-0.2, -0.15) is 0 Å². The summed E-state index contributed by atoms with van der Waals surface area (Å²) in [6.45, 7) is 10.8. The van der Waals surface area contributed by atoms with Crippen molar-refractivity contribution in [1.82, 2.24) is 19.8 Å². The third kappa shape index (κ3) is 5.50. The first-order chi connectivity index (χ1) is 12.7. The van der Waals surface area contributed by atoms with E-state index in [1.807, 2.05) is 0 Å². The topological polar surface area (TPSA) is 32.3 Å². The van der Waals surface area contributed by atoms with Gasteiger partial charge >= 0.3 is 0 Å². The van der Waals surface area contributed by atoms with Crippen LogP contribution in [0.15, 0.2) is 12.4 Å². The van der Waals surface area contributed by atoms with E-state index in [1.54, 1.807) is 0 Å². The van der Waals surface area contributed by atoms with E-state index in [4.69, 9.17) is 0 Å². The number of piperidine rings is 2. The van der Waals surface area contributed by atoms with Crippen molar-refractivity contribution < 1.29 is 0 Å². The molecule has 4 heteroatoms. The van der Waals surface area contributed by atoms with Gasteiger partial charge in [-0.1, -0.05) is 20.3 Å². The van der Waals surface area contributed by atoms with Crippen LogP contribution in [0.25, 0.3) is 0 Å². The summed E-state index contributed by atoms with van der Waals surface area (Å²) < 4.78 is 0. The average Bonchev–Trinajstić information content (AvgIpc) is 2.68. The number of hydrogen-bond donors (Lipinski definition) is 0. The zero-order chi connectivity index (χ0) is 18.4. The predicted molar refractivity (Wildman–Crippen MR) is 109 cm³/mol. The van der Waals surface area contributed by atoms with Gasteiger partial charge in [-0.25, -0.2) is 9.97 Å². The van der Waals surface area contributed by atoms with E-state index in [1.165, 1.54) is 83.2 Å². The lowest BCUT2D eigenvalue weighted by Gasteiger charge is -2.34. The van der Waals surface area contributed by atoms with Crippen molar-refractivity contribution in [2.75, 3.05) is 39.8 Å². The van der Waals surface area contributed by atoms with Crippen molar-refractivity contribution in [3.63, 3.8) is 0 Å². The second-order valence-electron chi connectivity index (χ2n) is 8.72. The highest BCUT2D eigenvalue weighted by molar-refractivity contribution is 5.14. The number of aromatic nitrogens is 2. The molecule has 2 saturated heterocycles. The van der Waals surface area contributed by atoms with Crippen LogP contribution in [-0.2, 0) is 0 Å². The molecule has 3 heterocycles. The van der Waals surface area contributed by atoms with Crippen molar-refractivity contribution in [3.05, 3.63) is 23.8 Å². The monoisotopic (exact) mass is 358 g/mol. The van der Waals surface area contributed by atoms with Crippen molar-refractivity contribution in [2.24, 2.45) is 5.92 Å². The first kappa shape index (κ1) is 19.8. The Morgan fingerprint density at radius 2 is 1.69 bits per heavy atom. The Morgan fingerprint density at radius 1 is 1.04 bits per heavy atom. The summed E-state index contributed by atoms with van der Waals surface area (Å²) in [6.07, 6.45) is 13.3. The summed E-state index contributed by atoms with van der Waals surface area (Å²) >= 11 is 0. The van der Waals surface area contributed by atoms with Crippen molar-refractivity contribution in [2.45, 2.75) is 70.6 Å². The van der Waals surface area contributed by atoms with Gasteiger partial charge in [0.1, 0.15) is 5.82 Å². The van der Waals surface area contributed by atoms with Crippen LogP contribution in [-0.4, -0.2) is 59.5 Å². The minimum Gasteiger partial charge on any atom is -0.306 e. The van der Waals surface area contributed by atoms with Crippen LogP contribution in [0.4, 0.5) is 0 Å². The Morgan fingerprint density at radius 3 is 2.31 bits per heavy atom. The quantitative estimate of drug-likeness (QED) is 0.728. The zero-order valence-corrected chi connectivity index (χ0v) is 17.2. The Labute approximate surface area is 160 Å². The smallest absolute Gasteiger partial charge is 0.131 e. The molecule has 3 rings (SSSR count). The SMILES string of the molecule is CCCC(C)c1ncc(C2CCN(CCC3CCN(C)CC3)CC2)cn1. The molecule has 2 aliphatic heterocycles. The number of hydrogen-bond acceptors (Lipinski definition) is 4. The first-order valence-corrected chi connectivity index (χ1v) is 10.9. The summed E-state index contributed by atoms with van der Waals surface area (Å²) in [4.78, 5) is 14.5. The molecule has 0 radical (unpaired) electrons. The summed E-state index contributed by atoms with van der Waals surface area (Å²) in [7, 11) is 2.25. The lowest BCUT2D eigenvalue weighted by Crippen LogP contribution is -2.36. The normalized spacial score (nSPS) is 22.6. The molecule has 2 fully saturated rings. The van der Waals surface area contributed by atoms with E-state index >= 15 is 0 Å². The lowest BCUT2D eigenvalue weighted by atomic mass is 9.90. The molecule has 0 bridgehead atoms. The highest BCUT2D eigenvalue weighted by atomic mass is 15.1. The molecule has 1 aromatic heterocycles. The molecule has 146 valence electrons. The fraction of sp³-hybridized carbons (Fsp3) is 0.818. The number of likely N-dealkylation sites (tertiary alicyclic amines) is 2. The van der Waals surface area contributed by atoms with Gasteiger partial charge in [0, 0.05) is 18.3 Å². The van der Waals surface area contributed by atoms with Crippen LogP contribution >= 0.6 is 0 Å². The molecular formula is C22H38N4. The highest BCUT2D eigenvalue weighted by Gasteiger charge is 2.23. The maximum Gasteiger partial charge on any atom is 0.131 e. The molecular weight excluding hydrogens is 320 g/mol. The number of nitrogens with zero attached hydrogens (tertiary/aromatic N) is 4. The van der Waals surface area contributed by atoms with Crippen LogP contribution in [0.3, 0.4) is 0 Å². The van der Waals surface area contributed by atoms with Gasteiger partial charge in [0.15, 0.2) is 0 Å². The average molecular weight is 359 g/mol. The minimum absolute atomic E-state index is 0.482. The minimum atomic E-state index is 0.482. The van der Waals surface area contributed by atoms with Crippen molar-refractivity contribution >= 4 is 0 Å². The fourth-order valence-corrected chi connectivity index (χ4v) is 4.58. The van der Waals surface area contributed by atoms with E-state index in [-0.39, 0.29) is 0 Å². The standard InChI is InChI=1S/C22H38N4/c1-4-5-18(2)22-23-16-21(17-24-22)20-9-14-26(15-10-20)13-8-19-6-11-25(3)12-7-19/h16-20H,4-15H2,1-3H3. The van der Waals surface area contributed by atoms with E-state index in [2.05, 4.69) is 53.1 Å². The van der Waals surface area contributed by atoms with Gasteiger partial charge < -0.3 is 9.80 Å². The van der Waals surface area contributed by atoms with Crippen LogP contribution < -0.4 is 0 Å². The van der Waals surface area contributed by atoms with E-state index in [0.717, 1.165) is 11.7 Å². The van der Waals surface area contributed by atoms with Gasteiger partial charge in [0.2, 0.25) is 0 Å². The van der Waals surface area contributed by atoms with E-state index < -0.39 is 0 Å². The molecule has 0 saturated carbocycles. The fourth-order valence-electron chi connectivity index (χ4n) is 4.58. The Bertz CT molecular complexity index is 513. The van der Waals surface area contributed by atoms with E-state index in [0.29, 0.717) is 11.8 Å². The summed E-state index contributed by atoms with van der Waals surface area (Å²) in [5, 5.41) is 0. The van der Waals surface area contributed by atoms with Crippen molar-refractivity contribution in [1.29, 1.82) is 0 Å². The lowest BCUT2D eigenvalue weighted by molar-refractivity contribution is 0.167. The molecule has 0 spiro atoms. The third-order valence-electron chi connectivity index (χ3n) is 6.60. The van der Waals surface area contributed by atoms with Crippen LogP contribution in [0.5, 0.6) is 0 Å². The van der Waals surface area contributed by atoms with E-state index in [9.17, 15) is 0 Å². The summed E-state index contributed by atoms with van der Waals surface area (Å²) in [6, 6.07) is 0. The molecule has 1 atom stereocenters. The summed E-state index contributed by atoms with van der Waals surface area (Å²) in [5.74, 6) is 3.11. The highest BCUT2D eigenvalue weighted by Crippen LogP contribution is 2.29. The summed E-state index contributed by atoms with van der Waals surface area (Å²) in [5.41, 5.74) is 1.35. The zero-order valence-electron chi connectivity index (χ0n) is 17.2. The molecule has 1 unspecified atom stereocenters.